The number of amides is 4. The molecule has 0 saturated heterocycles. The second kappa shape index (κ2) is 7.79. The van der Waals surface area contributed by atoms with E-state index >= 15 is 0 Å². The predicted molar refractivity (Wildman–Crippen MR) is 102 cm³/mol. The highest BCUT2D eigenvalue weighted by Crippen LogP contribution is 2.24. The van der Waals surface area contributed by atoms with Crippen molar-refractivity contribution in [2.24, 2.45) is 5.73 Å². The first-order chi connectivity index (χ1) is 12.9. The number of urea groups is 1. The van der Waals surface area contributed by atoms with Gasteiger partial charge in [0.15, 0.2) is 5.76 Å². The van der Waals surface area contributed by atoms with Crippen LogP contribution in [0.5, 0.6) is 0 Å². The number of rotatable bonds is 5. The monoisotopic (exact) mass is 386 g/mol. The van der Waals surface area contributed by atoms with Gasteiger partial charge in [-0.3, -0.25) is 9.59 Å². The Morgan fingerprint density at radius 2 is 1.74 bits per heavy atom. The van der Waals surface area contributed by atoms with Crippen molar-refractivity contribution in [1.29, 1.82) is 0 Å². The predicted octanol–water partition coefficient (Wildman–Crippen LogP) is 2.95. The SMILES string of the molecule is NC(=O)CNC(=O)Nc1cccc(NC(=O)c2cc3cc(Cl)ccc3o2)c1. The number of nitrogens with two attached hydrogens (primary N) is 1. The Bertz CT molecular complexity index is 1030. The van der Waals surface area contributed by atoms with Crippen LogP contribution in [0.1, 0.15) is 10.6 Å². The third kappa shape index (κ3) is 4.77. The Morgan fingerprint density at radius 3 is 2.48 bits per heavy atom. The number of nitrogens with one attached hydrogen (secondary N) is 3. The molecule has 138 valence electrons. The van der Waals surface area contributed by atoms with Gasteiger partial charge < -0.3 is 26.1 Å². The van der Waals surface area contributed by atoms with Crippen molar-refractivity contribution in [2.75, 3.05) is 17.2 Å². The van der Waals surface area contributed by atoms with Crippen molar-refractivity contribution in [3.63, 3.8) is 0 Å². The van der Waals surface area contributed by atoms with Gasteiger partial charge in [0.25, 0.3) is 5.91 Å². The molecule has 1 heterocycles. The molecule has 0 aliphatic heterocycles. The van der Waals surface area contributed by atoms with Gasteiger partial charge in [-0.2, -0.15) is 0 Å². The largest absolute Gasteiger partial charge is 0.451 e. The number of primary amides is 1. The third-order valence-corrected chi connectivity index (χ3v) is 3.74. The van der Waals surface area contributed by atoms with Crippen LogP contribution in [0.25, 0.3) is 11.0 Å². The Balaban J connectivity index is 1.68. The van der Waals surface area contributed by atoms with Crippen LogP contribution in [0.4, 0.5) is 16.2 Å². The molecular formula is C18H15ClN4O4. The fraction of sp³-hybridized carbons (Fsp3) is 0.0556. The summed E-state index contributed by atoms with van der Waals surface area (Å²) in [5.41, 5.74) is 6.38. The van der Waals surface area contributed by atoms with Crippen molar-refractivity contribution in [3.8, 4) is 0 Å². The summed E-state index contributed by atoms with van der Waals surface area (Å²) < 4.78 is 5.51. The maximum atomic E-state index is 12.4. The minimum atomic E-state index is -0.654. The molecule has 8 nitrogen and oxygen atoms in total. The smallest absolute Gasteiger partial charge is 0.319 e. The summed E-state index contributed by atoms with van der Waals surface area (Å²) in [6, 6.07) is 12.6. The number of halogens is 1. The first-order valence-corrected chi connectivity index (χ1v) is 8.22. The zero-order valence-corrected chi connectivity index (χ0v) is 14.7. The molecule has 9 heteroatoms. The fourth-order valence-electron chi connectivity index (χ4n) is 2.34. The van der Waals surface area contributed by atoms with E-state index < -0.39 is 17.8 Å². The van der Waals surface area contributed by atoms with Gasteiger partial charge in [-0.1, -0.05) is 17.7 Å². The molecule has 0 aliphatic carbocycles. The molecule has 1 aromatic heterocycles. The van der Waals surface area contributed by atoms with E-state index in [0.717, 1.165) is 0 Å². The van der Waals surface area contributed by atoms with Gasteiger partial charge in [-0.25, -0.2) is 4.79 Å². The van der Waals surface area contributed by atoms with Gasteiger partial charge in [0.05, 0.1) is 6.54 Å². The summed E-state index contributed by atoms with van der Waals surface area (Å²) in [4.78, 5) is 34.7. The minimum Gasteiger partial charge on any atom is -0.451 e. The summed E-state index contributed by atoms with van der Waals surface area (Å²) >= 11 is 5.93. The van der Waals surface area contributed by atoms with Crippen LogP contribution in [0.2, 0.25) is 5.02 Å². The van der Waals surface area contributed by atoms with Crippen molar-refractivity contribution in [1.82, 2.24) is 5.32 Å². The van der Waals surface area contributed by atoms with Crippen molar-refractivity contribution in [3.05, 3.63) is 59.3 Å². The van der Waals surface area contributed by atoms with E-state index in [9.17, 15) is 14.4 Å². The first-order valence-electron chi connectivity index (χ1n) is 7.84. The molecule has 3 aromatic rings. The van der Waals surface area contributed by atoms with Gasteiger partial charge in [-0.15, -0.1) is 0 Å². The second-order valence-electron chi connectivity index (χ2n) is 5.60. The number of fused-ring (bicyclic) bond motifs is 1. The highest BCUT2D eigenvalue weighted by atomic mass is 35.5. The number of benzene rings is 2. The average Bonchev–Trinajstić information content (AvgIpc) is 3.03. The van der Waals surface area contributed by atoms with Crippen LogP contribution in [0.3, 0.4) is 0 Å². The van der Waals surface area contributed by atoms with Crippen LogP contribution < -0.4 is 21.7 Å². The van der Waals surface area contributed by atoms with Gasteiger partial charge >= 0.3 is 6.03 Å². The Morgan fingerprint density at radius 1 is 1.00 bits per heavy atom. The van der Waals surface area contributed by atoms with Crippen LogP contribution in [-0.4, -0.2) is 24.4 Å². The second-order valence-corrected chi connectivity index (χ2v) is 6.04. The van der Waals surface area contributed by atoms with E-state index in [1.807, 2.05) is 0 Å². The molecule has 2 aromatic carbocycles. The molecular weight excluding hydrogens is 372 g/mol. The molecule has 3 rings (SSSR count). The van der Waals surface area contributed by atoms with E-state index in [1.165, 1.54) is 0 Å². The van der Waals surface area contributed by atoms with E-state index in [0.29, 0.717) is 27.4 Å². The van der Waals surface area contributed by atoms with E-state index in [4.69, 9.17) is 21.8 Å². The molecule has 0 radical (unpaired) electrons. The Hall–Kier alpha value is -3.52. The minimum absolute atomic E-state index is 0.129. The van der Waals surface area contributed by atoms with Crippen LogP contribution in [0.15, 0.2) is 52.9 Å². The number of hydrogen-bond acceptors (Lipinski definition) is 4. The fourth-order valence-corrected chi connectivity index (χ4v) is 2.52. The summed E-state index contributed by atoms with van der Waals surface area (Å²) in [5.74, 6) is -0.972. The molecule has 0 unspecified atom stereocenters. The number of hydrogen-bond donors (Lipinski definition) is 4. The lowest BCUT2D eigenvalue weighted by Gasteiger charge is -2.08. The van der Waals surface area contributed by atoms with Crippen LogP contribution >= 0.6 is 11.6 Å². The lowest BCUT2D eigenvalue weighted by molar-refractivity contribution is -0.117. The average molecular weight is 387 g/mol. The standard InChI is InChI=1S/C18H15ClN4O4/c19-11-4-5-14-10(6-11)7-15(27-14)17(25)22-12-2-1-3-13(8-12)23-18(26)21-9-16(20)24/h1-8H,9H2,(H2,20,24)(H,22,25)(H2,21,23,26). The molecule has 0 bridgehead atoms. The van der Waals surface area contributed by atoms with Gasteiger partial charge in [-0.05, 0) is 42.5 Å². The molecule has 5 N–H and O–H groups in total. The quantitative estimate of drug-likeness (QED) is 0.537. The molecule has 0 atom stereocenters. The number of anilines is 2. The third-order valence-electron chi connectivity index (χ3n) is 3.50. The summed E-state index contributed by atoms with van der Waals surface area (Å²) in [5, 5.41) is 8.78. The molecule has 0 spiro atoms. The maximum absolute atomic E-state index is 12.4. The van der Waals surface area contributed by atoms with Crippen molar-refractivity contribution >= 4 is 51.8 Å². The highest BCUT2D eigenvalue weighted by Gasteiger charge is 2.13. The maximum Gasteiger partial charge on any atom is 0.319 e. The zero-order valence-electron chi connectivity index (χ0n) is 13.9. The van der Waals surface area contributed by atoms with Gasteiger partial charge in [0.1, 0.15) is 5.58 Å². The first kappa shape index (κ1) is 18.3. The topological polar surface area (TPSA) is 126 Å². The molecule has 0 saturated carbocycles. The van der Waals surface area contributed by atoms with Crippen molar-refractivity contribution in [2.45, 2.75) is 0 Å². The normalized spacial score (nSPS) is 10.4. The number of carbonyl (C=O) groups is 3. The summed E-state index contributed by atoms with van der Waals surface area (Å²) in [7, 11) is 0. The van der Waals surface area contributed by atoms with Crippen LogP contribution in [0, 0.1) is 0 Å². The lowest BCUT2D eigenvalue weighted by atomic mass is 10.2. The molecule has 0 fully saturated rings. The van der Waals surface area contributed by atoms with E-state index in [1.54, 1.807) is 48.5 Å². The summed E-state index contributed by atoms with van der Waals surface area (Å²) in [6.45, 7) is -0.279. The Kier molecular flexibility index (Phi) is 5.28. The Labute approximate surface area is 158 Å². The van der Waals surface area contributed by atoms with Crippen molar-refractivity contribution < 1.29 is 18.8 Å². The molecule has 4 amide bonds. The lowest BCUT2D eigenvalue weighted by Crippen LogP contribution is -2.36. The van der Waals surface area contributed by atoms with E-state index in [2.05, 4.69) is 16.0 Å². The number of carbonyl (C=O) groups excluding carboxylic acids is 3. The molecule has 27 heavy (non-hydrogen) atoms. The zero-order chi connectivity index (χ0) is 19.4. The number of furan rings is 1. The van der Waals surface area contributed by atoms with Gasteiger partial charge in [0.2, 0.25) is 5.91 Å². The van der Waals surface area contributed by atoms with Gasteiger partial charge in [0, 0.05) is 21.8 Å². The highest BCUT2D eigenvalue weighted by molar-refractivity contribution is 6.31. The van der Waals surface area contributed by atoms with E-state index in [-0.39, 0.29) is 12.3 Å². The van der Waals surface area contributed by atoms with Crippen LogP contribution in [-0.2, 0) is 4.79 Å². The molecule has 0 aliphatic rings. The summed E-state index contributed by atoms with van der Waals surface area (Å²) in [6.07, 6.45) is 0.